The van der Waals surface area contributed by atoms with Crippen molar-refractivity contribution in [3.63, 3.8) is 0 Å². The Balaban J connectivity index is 1.82. The van der Waals surface area contributed by atoms with E-state index in [9.17, 15) is 4.39 Å². The molecule has 1 aromatic heterocycles. The molecule has 1 aromatic carbocycles. The van der Waals surface area contributed by atoms with E-state index in [0.29, 0.717) is 0 Å². The topological polar surface area (TPSA) is 25.0 Å². The zero-order valence-electron chi connectivity index (χ0n) is 14.0. The summed E-state index contributed by atoms with van der Waals surface area (Å²) in [5, 5.41) is 1.01. The molecule has 0 aliphatic rings. The molecule has 1 heterocycles. The third-order valence-corrected chi connectivity index (χ3v) is 8.30. The zero-order valence-corrected chi connectivity index (χ0v) is 14.8. The van der Waals surface area contributed by atoms with Crippen LogP contribution in [0.15, 0.2) is 24.4 Å². The average Bonchev–Trinajstić information content (AvgIpc) is 2.94. The molecule has 0 atom stereocenters. The summed E-state index contributed by atoms with van der Waals surface area (Å²) >= 11 is 0. The van der Waals surface area contributed by atoms with Crippen LogP contribution in [0, 0.1) is 5.82 Å². The second kappa shape index (κ2) is 8.02. The molecule has 0 aliphatic carbocycles. The van der Waals surface area contributed by atoms with E-state index < -0.39 is 10.3 Å². The minimum Gasteiger partial charge on any atom is -0.361 e. The van der Waals surface area contributed by atoms with Crippen LogP contribution in [-0.2, 0) is 10.6 Å². The van der Waals surface area contributed by atoms with Gasteiger partial charge in [-0.3, -0.25) is 0 Å². The Morgan fingerprint density at radius 1 is 1.09 bits per heavy atom. The molecule has 0 saturated heterocycles. The van der Waals surface area contributed by atoms with Crippen LogP contribution in [-0.4, -0.2) is 28.8 Å². The lowest BCUT2D eigenvalue weighted by molar-refractivity contribution is 0.342. The summed E-state index contributed by atoms with van der Waals surface area (Å²) in [5.41, 5.74) is 2.22. The van der Waals surface area contributed by atoms with Crippen LogP contribution in [0.4, 0.5) is 4.39 Å². The summed E-state index contributed by atoms with van der Waals surface area (Å²) in [7, 11) is -0.841. The van der Waals surface area contributed by atoms with Crippen LogP contribution >= 0.6 is 10.3 Å². The number of rotatable bonds is 9. The highest BCUT2D eigenvalue weighted by molar-refractivity contribution is 8.29. The van der Waals surface area contributed by atoms with Gasteiger partial charge in [0.2, 0.25) is 0 Å². The number of unbranched alkanes of at least 4 members (excludes halogenated alkanes) is 1. The summed E-state index contributed by atoms with van der Waals surface area (Å²) in [5.74, 6) is 3.30. The van der Waals surface area contributed by atoms with E-state index in [0.717, 1.165) is 54.0 Å². The minimum absolute atomic E-state index is 0.168. The fourth-order valence-electron chi connectivity index (χ4n) is 2.87. The number of aryl methyl sites for hydroxylation is 1. The smallest absolute Gasteiger partial charge is 0.123 e. The number of halogens is 1. The summed E-state index contributed by atoms with van der Waals surface area (Å²) < 4.78 is 19.6. The van der Waals surface area contributed by atoms with Gasteiger partial charge >= 0.3 is 0 Å². The molecule has 2 nitrogen and oxygen atoms in total. The van der Waals surface area contributed by atoms with Crippen molar-refractivity contribution < 1.29 is 8.57 Å². The molecule has 0 radical (unpaired) electrons. The van der Waals surface area contributed by atoms with Crippen molar-refractivity contribution in [2.45, 2.75) is 40.0 Å². The fraction of sp³-hybridized carbons (Fsp3) is 0.556. The zero-order chi connectivity index (χ0) is 16.0. The van der Waals surface area contributed by atoms with Crippen LogP contribution in [0.2, 0.25) is 0 Å². The lowest BCUT2D eigenvalue weighted by Crippen LogP contribution is -2.13. The summed E-state index contributed by atoms with van der Waals surface area (Å²) in [4.78, 5) is 3.21. The number of fused-ring (bicyclic) bond motifs is 1. The van der Waals surface area contributed by atoms with Gasteiger partial charge in [-0.1, -0.05) is 20.8 Å². The lowest BCUT2D eigenvalue weighted by atomic mass is 10.1. The van der Waals surface area contributed by atoms with Gasteiger partial charge in [0.25, 0.3) is 0 Å². The second-order valence-corrected chi connectivity index (χ2v) is 9.51. The van der Waals surface area contributed by atoms with Gasteiger partial charge in [-0.05, 0) is 60.3 Å². The number of aromatic amines is 1. The number of nitrogens with one attached hydrogen (secondary N) is 1. The van der Waals surface area contributed by atoms with Crippen LogP contribution in [0.25, 0.3) is 10.9 Å². The van der Waals surface area contributed by atoms with E-state index in [1.165, 1.54) is 11.6 Å². The number of H-pyrrole nitrogens is 1. The molecule has 0 saturated carbocycles. The van der Waals surface area contributed by atoms with E-state index in [1.807, 2.05) is 6.20 Å². The molecular weight excluding hydrogens is 297 g/mol. The van der Waals surface area contributed by atoms with Crippen LogP contribution in [0.3, 0.4) is 0 Å². The Morgan fingerprint density at radius 3 is 2.50 bits per heavy atom. The molecule has 2 rings (SSSR count). The first-order valence-electron chi connectivity index (χ1n) is 8.30. The standard InChI is InChI=1S/C18H28FNOS/c1-4-22(5-2,6-3)21-12-8-7-9-15-14-20-18-11-10-16(19)13-17(15)18/h10-11,13-14,20H,4-9,12H2,1-3H3. The number of aromatic nitrogens is 1. The van der Waals surface area contributed by atoms with Crippen molar-refractivity contribution in [1.29, 1.82) is 0 Å². The molecule has 0 bridgehead atoms. The number of hydrogen-bond acceptors (Lipinski definition) is 1. The molecule has 1 N–H and O–H groups in total. The lowest BCUT2D eigenvalue weighted by Gasteiger charge is -2.36. The highest BCUT2D eigenvalue weighted by Crippen LogP contribution is 2.47. The van der Waals surface area contributed by atoms with Crippen LogP contribution in [0.5, 0.6) is 0 Å². The molecule has 0 amide bonds. The van der Waals surface area contributed by atoms with E-state index in [2.05, 4.69) is 25.8 Å². The first-order chi connectivity index (χ1) is 10.6. The Labute approximate surface area is 135 Å². The first kappa shape index (κ1) is 17.4. The highest BCUT2D eigenvalue weighted by atomic mass is 32.3. The molecule has 0 aliphatic heterocycles. The average molecular weight is 325 g/mol. The molecule has 124 valence electrons. The van der Waals surface area contributed by atoms with Gasteiger partial charge in [0.1, 0.15) is 5.82 Å². The van der Waals surface area contributed by atoms with E-state index in [4.69, 9.17) is 4.18 Å². The summed E-state index contributed by atoms with van der Waals surface area (Å²) in [6, 6.07) is 4.93. The molecule has 2 aromatic rings. The van der Waals surface area contributed by atoms with Crippen molar-refractivity contribution in [2.24, 2.45) is 0 Å². The van der Waals surface area contributed by atoms with Gasteiger partial charge in [0.05, 0.1) is 6.61 Å². The Hall–Kier alpha value is -1.00. The maximum atomic E-state index is 13.4. The maximum Gasteiger partial charge on any atom is 0.123 e. The quantitative estimate of drug-likeness (QED) is 0.611. The van der Waals surface area contributed by atoms with E-state index in [-0.39, 0.29) is 5.82 Å². The van der Waals surface area contributed by atoms with Crippen molar-refractivity contribution in [1.82, 2.24) is 4.98 Å². The predicted octanol–water partition coefficient (Wildman–Crippen LogP) is 5.43. The van der Waals surface area contributed by atoms with Gasteiger partial charge in [-0.15, -0.1) is 10.3 Å². The number of benzene rings is 1. The molecule has 0 unspecified atom stereocenters. The van der Waals surface area contributed by atoms with Crippen LogP contribution in [0.1, 0.15) is 39.2 Å². The molecule has 4 heteroatoms. The minimum atomic E-state index is -0.841. The van der Waals surface area contributed by atoms with Gasteiger partial charge in [0, 0.05) is 17.1 Å². The van der Waals surface area contributed by atoms with Gasteiger partial charge < -0.3 is 9.17 Å². The van der Waals surface area contributed by atoms with Crippen molar-refractivity contribution in [3.05, 3.63) is 35.8 Å². The molecule has 0 fully saturated rings. The third-order valence-electron chi connectivity index (χ3n) is 4.48. The van der Waals surface area contributed by atoms with Crippen molar-refractivity contribution >= 4 is 21.2 Å². The summed E-state index contributed by atoms with van der Waals surface area (Å²) in [6.45, 7) is 7.57. The van der Waals surface area contributed by atoms with Crippen LogP contribution < -0.4 is 0 Å². The largest absolute Gasteiger partial charge is 0.361 e. The van der Waals surface area contributed by atoms with Gasteiger partial charge in [0.15, 0.2) is 0 Å². The van der Waals surface area contributed by atoms with E-state index >= 15 is 0 Å². The Kier molecular flexibility index (Phi) is 6.33. The monoisotopic (exact) mass is 325 g/mol. The van der Waals surface area contributed by atoms with E-state index in [1.54, 1.807) is 12.1 Å². The van der Waals surface area contributed by atoms with Crippen molar-refractivity contribution in [3.8, 4) is 0 Å². The maximum absolute atomic E-state index is 13.4. The molecule has 0 spiro atoms. The first-order valence-corrected chi connectivity index (χ1v) is 10.4. The number of hydrogen-bond donors (Lipinski definition) is 1. The fourth-order valence-corrected chi connectivity index (χ4v) is 5.07. The Morgan fingerprint density at radius 2 is 1.82 bits per heavy atom. The summed E-state index contributed by atoms with van der Waals surface area (Å²) in [6.07, 6.45) is 5.12. The third kappa shape index (κ3) is 4.05. The van der Waals surface area contributed by atoms with Crippen molar-refractivity contribution in [2.75, 3.05) is 23.9 Å². The normalized spacial score (nSPS) is 12.9. The molecular formula is C18H28FNOS. The molecule has 22 heavy (non-hydrogen) atoms. The van der Waals surface area contributed by atoms with Gasteiger partial charge in [-0.25, -0.2) is 4.39 Å². The second-order valence-electron chi connectivity index (χ2n) is 5.61. The predicted molar refractivity (Wildman–Crippen MR) is 96.4 cm³/mol. The van der Waals surface area contributed by atoms with Gasteiger partial charge in [-0.2, -0.15) is 0 Å². The Bertz CT molecular complexity index is 584. The highest BCUT2D eigenvalue weighted by Gasteiger charge is 2.17. The SMILES string of the molecule is CCS(CC)(CC)OCCCCc1c[nH]c2ccc(F)cc12.